The number of ether oxygens (including phenoxy) is 2. The average molecular weight is 344 g/mol. The summed E-state index contributed by atoms with van der Waals surface area (Å²) >= 11 is 0. The van der Waals surface area contributed by atoms with Crippen molar-refractivity contribution in [3.63, 3.8) is 0 Å². The number of likely N-dealkylation sites (N-methyl/N-ethyl adjacent to an activating group) is 1. The van der Waals surface area contributed by atoms with Crippen molar-refractivity contribution in [3.8, 4) is 5.75 Å². The van der Waals surface area contributed by atoms with Gasteiger partial charge in [-0.2, -0.15) is 0 Å². The Morgan fingerprint density at radius 1 is 1.08 bits per heavy atom. The zero-order chi connectivity index (χ0) is 17.3. The maximum absolute atomic E-state index is 6.10. The first-order chi connectivity index (χ1) is 12.2. The molecule has 1 aromatic carbocycles. The smallest absolute Gasteiger partial charge is 0.124 e. The van der Waals surface area contributed by atoms with Crippen molar-refractivity contribution >= 4 is 0 Å². The molecule has 3 aliphatic rings. The lowest BCUT2D eigenvalue weighted by Gasteiger charge is -2.43. The van der Waals surface area contributed by atoms with E-state index in [1.165, 1.54) is 30.4 Å². The Kier molecular flexibility index (Phi) is 5.03. The summed E-state index contributed by atoms with van der Waals surface area (Å²) in [5, 5.41) is 3.92. The molecule has 1 N–H and O–H groups in total. The van der Waals surface area contributed by atoms with Crippen molar-refractivity contribution in [2.45, 2.75) is 56.5 Å². The van der Waals surface area contributed by atoms with Crippen LogP contribution < -0.4 is 10.1 Å². The lowest BCUT2D eigenvalue weighted by molar-refractivity contribution is -0.00840. The first-order valence-corrected chi connectivity index (χ1v) is 9.95. The maximum atomic E-state index is 6.10. The second-order valence-electron chi connectivity index (χ2n) is 8.17. The van der Waals surface area contributed by atoms with Crippen molar-refractivity contribution in [2.75, 3.05) is 40.5 Å². The number of nitrogens with one attached hydrogen (secondary N) is 1. The molecule has 0 amide bonds. The molecule has 1 aliphatic carbocycles. The number of hydrogen-bond acceptors (Lipinski definition) is 4. The summed E-state index contributed by atoms with van der Waals surface area (Å²) in [6.07, 6.45) is 8.23. The monoisotopic (exact) mass is 344 g/mol. The molecule has 0 radical (unpaired) electrons. The molecule has 4 nitrogen and oxygen atoms in total. The van der Waals surface area contributed by atoms with Gasteiger partial charge in [-0.1, -0.05) is 6.07 Å². The average Bonchev–Trinajstić information content (AvgIpc) is 2.99. The summed E-state index contributed by atoms with van der Waals surface area (Å²) in [4.78, 5) is 2.40. The van der Waals surface area contributed by atoms with Crippen LogP contribution in [0.2, 0.25) is 0 Å². The third-order valence-electron chi connectivity index (χ3n) is 6.54. The Labute approximate surface area is 151 Å². The lowest BCUT2D eigenvalue weighted by atomic mass is 9.87. The normalized spacial score (nSPS) is 25.2. The fourth-order valence-electron chi connectivity index (χ4n) is 4.70. The first-order valence-electron chi connectivity index (χ1n) is 9.95. The molecule has 4 rings (SSSR count). The third-order valence-corrected chi connectivity index (χ3v) is 6.54. The number of aryl methyl sites for hydroxylation is 2. The molecular formula is C21H32N2O2. The molecule has 1 fully saturated rings. The molecular weight excluding hydrogens is 312 g/mol. The molecule has 0 spiro atoms. The van der Waals surface area contributed by atoms with E-state index in [4.69, 9.17) is 9.47 Å². The predicted octanol–water partition coefficient (Wildman–Crippen LogP) is 3.09. The summed E-state index contributed by atoms with van der Waals surface area (Å²) in [6, 6.07) is 5.17. The second-order valence-corrected chi connectivity index (χ2v) is 8.17. The molecule has 2 aliphatic heterocycles. The predicted molar refractivity (Wildman–Crippen MR) is 100 cm³/mol. The van der Waals surface area contributed by atoms with Gasteiger partial charge in [0.1, 0.15) is 5.75 Å². The van der Waals surface area contributed by atoms with Crippen LogP contribution in [0.3, 0.4) is 0 Å². The SMILES string of the molecule is CN(C)C1(CNC2CCCOc3cc4c(cc32)CCC4)CCOCC1. The molecule has 1 aromatic rings. The quantitative estimate of drug-likeness (QED) is 0.910. The number of nitrogens with zero attached hydrogens (tertiary/aromatic N) is 1. The Balaban J connectivity index is 1.54. The van der Waals surface area contributed by atoms with Gasteiger partial charge in [-0.25, -0.2) is 0 Å². The Morgan fingerprint density at radius 2 is 1.84 bits per heavy atom. The maximum Gasteiger partial charge on any atom is 0.124 e. The van der Waals surface area contributed by atoms with E-state index in [0.717, 1.165) is 57.8 Å². The molecule has 4 heteroatoms. The fraction of sp³-hybridized carbons (Fsp3) is 0.714. The van der Waals surface area contributed by atoms with Gasteiger partial charge >= 0.3 is 0 Å². The highest BCUT2D eigenvalue weighted by Gasteiger charge is 2.35. The van der Waals surface area contributed by atoms with E-state index in [9.17, 15) is 0 Å². The first kappa shape index (κ1) is 17.3. The Bertz CT molecular complexity index is 608. The van der Waals surface area contributed by atoms with Crippen LogP contribution in [0.1, 0.15) is 54.8 Å². The molecule has 0 aromatic heterocycles. The van der Waals surface area contributed by atoms with Crippen LogP contribution in [-0.4, -0.2) is 50.9 Å². The molecule has 0 saturated carbocycles. The van der Waals surface area contributed by atoms with Crippen LogP contribution in [0.25, 0.3) is 0 Å². The summed E-state index contributed by atoms with van der Waals surface area (Å²) < 4.78 is 11.7. The number of benzene rings is 1. The van der Waals surface area contributed by atoms with E-state index < -0.39 is 0 Å². The van der Waals surface area contributed by atoms with Gasteiger partial charge in [0.15, 0.2) is 0 Å². The Hall–Kier alpha value is -1.10. The third kappa shape index (κ3) is 3.44. The molecule has 1 atom stereocenters. The van der Waals surface area contributed by atoms with Crippen molar-refractivity contribution in [3.05, 3.63) is 28.8 Å². The highest BCUT2D eigenvalue weighted by molar-refractivity contribution is 5.46. The minimum atomic E-state index is 0.211. The van der Waals surface area contributed by atoms with Crippen LogP contribution in [0, 0.1) is 0 Å². The number of hydrogen-bond donors (Lipinski definition) is 1. The molecule has 2 heterocycles. The van der Waals surface area contributed by atoms with Crippen LogP contribution in [0.5, 0.6) is 5.75 Å². The topological polar surface area (TPSA) is 33.7 Å². The lowest BCUT2D eigenvalue weighted by Crippen LogP contribution is -2.55. The van der Waals surface area contributed by atoms with Crippen LogP contribution >= 0.6 is 0 Å². The zero-order valence-electron chi connectivity index (χ0n) is 15.8. The van der Waals surface area contributed by atoms with E-state index in [2.05, 4.69) is 36.4 Å². The molecule has 25 heavy (non-hydrogen) atoms. The van der Waals surface area contributed by atoms with Crippen molar-refractivity contribution in [1.82, 2.24) is 10.2 Å². The molecule has 1 saturated heterocycles. The van der Waals surface area contributed by atoms with Gasteiger partial charge in [0.25, 0.3) is 0 Å². The van der Waals surface area contributed by atoms with Crippen LogP contribution in [0.15, 0.2) is 12.1 Å². The summed E-state index contributed by atoms with van der Waals surface area (Å²) in [6.45, 7) is 3.61. The van der Waals surface area contributed by atoms with Crippen LogP contribution in [0.4, 0.5) is 0 Å². The Morgan fingerprint density at radius 3 is 2.60 bits per heavy atom. The van der Waals surface area contributed by atoms with Gasteiger partial charge in [-0.05, 0) is 76.2 Å². The van der Waals surface area contributed by atoms with Crippen molar-refractivity contribution in [1.29, 1.82) is 0 Å². The molecule has 0 bridgehead atoms. The highest BCUT2D eigenvalue weighted by atomic mass is 16.5. The van der Waals surface area contributed by atoms with Gasteiger partial charge in [0.05, 0.1) is 6.61 Å². The molecule has 1 unspecified atom stereocenters. The van der Waals surface area contributed by atoms with Gasteiger partial charge in [0.2, 0.25) is 0 Å². The summed E-state index contributed by atoms with van der Waals surface area (Å²) in [5.41, 5.74) is 4.65. The number of fused-ring (bicyclic) bond motifs is 2. The van der Waals surface area contributed by atoms with Gasteiger partial charge < -0.3 is 19.7 Å². The minimum Gasteiger partial charge on any atom is -0.493 e. The van der Waals surface area contributed by atoms with Gasteiger partial charge in [-0.3, -0.25) is 0 Å². The van der Waals surface area contributed by atoms with Crippen LogP contribution in [-0.2, 0) is 17.6 Å². The van der Waals surface area contributed by atoms with Crippen molar-refractivity contribution < 1.29 is 9.47 Å². The largest absolute Gasteiger partial charge is 0.493 e. The van der Waals surface area contributed by atoms with E-state index >= 15 is 0 Å². The fourth-order valence-corrected chi connectivity index (χ4v) is 4.70. The van der Waals surface area contributed by atoms with Crippen molar-refractivity contribution in [2.24, 2.45) is 0 Å². The standard InChI is InChI=1S/C21H32N2O2/c1-23(2)21(8-11-24-12-9-21)15-22-19-7-4-10-25-20-14-17-6-3-5-16(17)13-18(19)20/h13-14,19,22H,3-12,15H2,1-2H3. The zero-order valence-corrected chi connectivity index (χ0v) is 15.8. The summed E-state index contributed by atoms with van der Waals surface area (Å²) in [5.74, 6) is 1.13. The number of rotatable bonds is 4. The molecule has 138 valence electrons. The highest BCUT2D eigenvalue weighted by Crippen LogP contribution is 2.37. The second kappa shape index (κ2) is 7.26. The minimum absolute atomic E-state index is 0.211. The van der Waals surface area contributed by atoms with Gasteiger partial charge in [0, 0.05) is 36.9 Å². The van der Waals surface area contributed by atoms with Gasteiger partial charge in [-0.15, -0.1) is 0 Å². The van der Waals surface area contributed by atoms with E-state index in [0.29, 0.717) is 6.04 Å². The van der Waals surface area contributed by atoms with E-state index in [1.54, 1.807) is 5.56 Å². The van der Waals surface area contributed by atoms with E-state index in [-0.39, 0.29) is 5.54 Å². The summed E-state index contributed by atoms with van der Waals surface area (Å²) in [7, 11) is 4.42. The van der Waals surface area contributed by atoms with E-state index in [1.807, 2.05) is 0 Å².